The Morgan fingerprint density at radius 3 is 1.51 bits per heavy atom. The van der Waals surface area contributed by atoms with Crippen molar-refractivity contribution in [3.05, 3.63) is 108 Å². The van der Waals surface area contributed by atoms with Crippen molar-refractivity contribution in [3.63, 3.8) is 0 Å². The summed E-state index contributed by atoms with van der Waals surface area (Å²) >= 11 is 0. The zero-order valence-electron chi connectivity index (χ0n) is 20.3. The SMILES string of the molecule is O[C@](c1ccccc1)(C(F)(F)F)P123OC[C@H](Cc4ccccc4)N1CCN2[C@@H](Cc1ccccc1)CO3. The second-order valence-corrected chi connectivity index (χ2v) is 14.0. The number of rotatable bonds is 6. The van der Waals surface area contributed by atoms with Gasteiger partial charge >= 0.3 is 214 Å². The Hall–Kier alpha value is -2.32. The first-order chi connectivity index (χ1) is 17.8. The molecule has 3 saturated heterocycles. The fourth-order valence-electron chi connectivity index (χ4n) is 6.52. The summed E-state index contributed by atoms with van der Waals surface area (Å²) in [6, 6.07) is 26.0. The zero-order valence-corrected chi connectivity index (χ0v) is 21.2. The van der Waals surface area contributed by atoms with Gasteiger partial charge < -0.3 is 0 Å². The van der Waals surface area contributed by atoms with E-state index in [4.69, 9.17) is 9.05 Å². The Labute approximate surface area is 214 Å². The molecular weight excluding hydrogens is 500 g/mol. The summed E-state index contributed by atoms with van der Waals surface area (Å²) in [5.74, 6) is 0. The molecule has 0 bridgehead atoms. The van der Waals surface area contributed by atoms with Crippen LogP contribution in [0.4, 0.5) is 13.2 Å². The van der Waals surface area contributed by atoms with Crippen LogP contribution in [0, 0.1) is 0 Å². The van der Waals surface area contributed by atoms with E-state index < -0.39 is 18.9 Å². The van der Waals surface area contributed by atoms with E-state index in [2.05, 4.69) is 0 Å². The monoisotopic (exact) mass is 530 g/mol. The second kappa shape index (κ2) is 8.87. The zero-order chi connectivity index (χ0) is 25.8. The number of halogens is 3. The molecule has 3 aromatic carbocycles. The van der Waals surface area contributed by atoms with Crippen LogP contribution in [0.5, 0.6) is 0 Å². The van der Waals surface area contributed by atoms with Crippen molar-refractivity contribution in [2.75, 3.05) is 26.3 Å². The number of alkyl halides is 3. The number of aliphatic hydroxyl groups is 1. The molecule has 0 saturated carbocycles. The van der Waals surface area contributed by atoms with E-state index in [1.54, 1.807) is 15.4 Å². The van der Waals surface area contributed by atoms with Crippen molar-refractivity contribution < 1.29 is 27.3 Å². The van der Waals surface area contributed by atoms with Gasteiger partial charge in [-0.3, -0.25) is 0 Å². The van der Waals surface area contributed by atoms with Gasteiger partial charge in [0.15, 0.2) is 0 Å². The van der Waals surface area contributed by atoms with Gasteiger partial charge in [0.1, 0.15) is 0 Å². The van der Waals surface area contributed by atoms with E-state index in [9.17, 15) is 5.11 Å². The van der Waals surface area contributed by atoms with Gasteiger partial charge in [-0.1, -0.05) is 0 Å². The summed E-state index contributed by atoms with van der Waals surface area (Å²) < 4.78 is 62.6. The average molecular weight is 531 g/mol. The van der Waals surface area contributed by atoms with Crippen molar-refractivity contribution in [3.8, 4) is 0 Å². The van der Waals surface area contributed by atoms with Gasteiger partial charge in [0.25, 0.3) is 0 Å². The molecule has 37 heavy (non-hydrogen) atoms. The van der Waals surface area contributed by atoms with Crippen molar-refractivity contribution in [1.29, 1.82) is 0 Å². The predicted molar refractivity (Wildman–Crippen MR) is 136 cm³/mol. The van der Waals surface area contributed by atoms with Crippen LogP contribution < -0.4 is 0 Å². The minimum atomic E-state index is -5.11. The van der Waals surface area contributed by atoms with E-state index >= 15 is 13.2 Å². The third-order valence-corrected chi connectivity index (χ3v) is 13.8. The molecule has 1 N–H and O–H groups in total. The summed E-state index contributed by atoms with van der Waals surface area (Å²) in [6.07, 6.45) is -4.04. The van der Waals surface area contributed by atoms with E-state index in [0.717, 1.165) is 11.1 Å². The summed E-state index contributed by atoms with van der Waals surface area (Å²) in [6.45, 7) is 0.747. The second-order valence-electron chi connectivity index (χ2n) is 10.0. The average Bonchev–Trinajstić information content (AvgIpc) is 3.52. The van der Waals surface area contributed by atoms with Crippen molar-refractivity contribution in [1.82, 2.24) is 9.34 Å². The van der Waals surface area contributed by atoms with Crippen LogP contribution in [0.1, 0.15) is 16.7 Å². The first kappa shape index (κ1) is 25.0. The summed E-state index contributed by atoms with van der Waals surface area (Å²) in [4.78, 5) is 0. The third-order valence-electron chi connectivity index (χ3n) is 8.06. The van der Waals surface area contributed by atoms with Crippen molar-refractivity contribution in [2.45, 2.75) is 36.4 Å². The van der Waals surface area contributed by atoms with Gasteiger partial charge in [-0.2, -0.15) is 0 Å². The number of hydrogen-bond acceptors (Lipinski definition) is 5. The molecule has 6 rings (SSSR count). The quantitative estimate of drug-likeness (QED) is 0.426. The maximum absolute atomic E-state index is 15.4. The van der Waals surface area contributed by atoms with Gasteiger partial charge in [-0.15, -0.1) is 0 Å². The van der Waals surface area contributed by atoms with Crippen LogP contribution in [0.15, 0.2) is 91.0 Å². The molecule has 196 valence electrons. The van der Waals surface area contributed by atoms with Crippen LogP contribution in [-0.4, -0.2) is 59.0 Å². The summed E-state index contributed by atoms with van der Waals surface area (Å²) in [7, 11) is -5.11. The molecule has 0 unspecified atom stereocenters. The minimum absolute atomic E-state index is 0.0481. The molecule has 5 nitrogen and oxygen atoms in total. The summed E-state index contributed by atoms with van der Waals surface area (Å²) in [5.41, 5.74) is 1.75. The van der Waals surface area contributed by atoms with Gasteiger partial charge in [-0.25, -0.2) is 0 Å². The predicted octanol–water partition coefficient (Wildman–Crippen LogP) is 5.51. The van der Waals surface area contributed by atoms with Gasteiger partial charge in [0.2, 0.25) is 0 Å². The molecule has 3 fully saturated rings. The molecule has 1 spiro atoms. The Bertz CT molecular complexity index is 1180. The molecule has 3 aromatic rings. The Morgan fingerprint density at radius 2 is 1.11 bits per heavy atom. The number of hydrogen-bond donors (Lipinski definition) is 1. The van der Waals surface area contributed by atoms with E-state index in [1.807, 2.05) is 60.7 Å². The Kier molecular flexibility index (Phi) is 5.99. The molecule has 3 aliphatic heterocycles. The first-order valence-corrected chi connectivity index (χ1v) is 14.6. The summed E-state index contributed by atoms with van der Waals surface area (Å²) in [5, 5.41) is 8.87. The van der Waals surface area contributed by atoms with Crippen molar-refractivity contribution >= 4 is 7.36 Å². The third kappa shape index (κ3) is 3.40. The number of nitrogens with zero attached hydrogens (tertiary/aromatic N) is 2. The van der Waals surface area contributed by atoms with Crippen LogP contribution in [0.25, 0.3) is 0 Å². The van der Waals surface area contributed by atoms with Gasteiger partial charge in [-0.05, 0) is 0 Å². The number of benzene rings is 3. The van der Waals surface area contributed by atoms with E-state index in [0.29, 0.717) is 25.9 Å². The van der Waals surface area contributed by atoms with Crippen LogP contribution in [0.2, 0.25) is 0 Å². The maximum atomic E-state index is 15.4. The van der Waals surface area contributed by atoms with E-state index in [-0.39, 0.29) is 30.9 Å². The molecule has 0 aromatic heterocycles. The van der Waals surface area contributed by atoms with Crippen LogP contribution in [-0.2, 0) is 27.2 Å². The molecule has 0 aliphatic carbocycles. The fourth-order valence-corrected chi connectivity index (χ4v) is 12.8. The topological polar surface area (TPSA) is 45.2 Å². The Balaban J connectivity index is 1.51. The molecule has 3 atom stereocenters. The van der Waals surface area contributed by atoms with Crippen LogP contribution >= 0.6 is 7.36 Å². The van der Waals surface area contributed by atoms with Gasteiger partial charge in [0, 0.05) is 0 Å². The molecule has 9 heteroatoms. The van der Waals surface area contributed by atoms with Crippen molar-refractivity contribution in [2.24, 2.45) is 0 Å². The Morgan fingerprint density at radius 1 is 0.703 bits per heavy atom. The standard InChI is InChI=1S/C28H30F3N2O3P/c29-28(30,31)27(34,24-14-8-3-9-15-24)37-32(25(20-35-37)18-22-10-4-1-5-11-22)16-17-33(37)26(21-36-37)19-23-12-6-2-7-13-23/h1-15,25-26,34H,16-21H2/t25-,26-,27-/m0/s1. The molecule has 0 amide bonds. The molecule has 3 aliphatic rings. The van der Waals surface area contributed by atoms with Crippen LogP contribution in [0.3, 0.4) is 0 Å². The normalized spacial score (nSPS) is 27.6. The molecular formula is C28H30F3N2O3P. The van der Waals surface area contributed by atoms with Gasteiger partial charge in [0.05, 0.1) is 0 Å². The molecule has 0 radical (unpaired) electrons. The fraction of sp³-hybridized carbons (Fsp3) is 0.357. The molecule has 3 heterocycles. The first-order valence-electron chi connectivity index (χ1n) is 12.6. The van der Waals surface area contributed by atoms with E-state index in [1.165, 1.54) is 24.3 Å².